The van der Waals surface area contributed by atoms with Gasteiger partial charge in [-0.05, 0) is 36.8 Å². The predicted molar refractivity (Wildman–Crippen MR) is 148 cm³/mol. The average Bonchev–Trinajstić information content (AvgIpc) is 3.35. The first-order valence-electron chi connectivity index (χ1n) is 13.0. The molecule has 4 aromatic carbocycles. The minimum absolute atomic E-state index is 0.298. The number of unbranched alkanes of at least 4 members (excludes halogenated alkanes) is 1. The van der Waals surface area contributed by atoms with Gasteiger partial charge in [0.2, 0.25) is 11.3 Å². The number of para-hydroxylation sites is 3. The number of aliphatic hydroxyl groups is 1. The lowest BCUT2D eigenvalue weighted by molar-refractivity contribution is -0.150. The monoisotopic (exact) mass is 503 g/mol. The minimum atomic E-state index is -1.98. The SMILES string of the molecule is CCCCN1C(=O)N(c2ccccc2)[C@@]2(C(=O)N(c3ccccc3)c3ccccc32)[C@@]1(O)c1ccccc1. The Bertz CT molecular complexity index is 1480. The van der Waals surface area contributed by atoms with E-state index >= 15 is 4.79 Å². The van der Waals surface area contributed by atoms with Crippen LogP contribution in [0.3, 0.4) is 0 Å². The second-order valence-corrected chi connectivity index (χ2v) is 9.70. The Balaban J connectivity index is 1.73. The fourth-order valence-electron chi connectivity index (χ4n) is 5.99. The molecule has 190 valence electrons. The van der Waals surface area contributed by atoms with Crippen LogP contribution in [0.5, 0.6) is 0 Å². The Morgan fingerprint density at radius 1 is 0.711 bits per heavy atom. The largest absolute Gasteiger partial charge is 0.364 e. The molecule has 0 bridgehead atoms. The maximum Gasteiger partial charge on any atom is 0.328 e. The van der Waals surface area contributed by atoms with Crippen molar-refractivity contribution < 1.29 is 14.7 Å². The number of anilines is 3. The Hall–Kier alpha value is -4.42. The van der Waals surface area contributed by atoms with Crippen molar-refractivity contribution in [1.29, 1.82) is 0 Å². The molecule has 1 saturated heterocycles. The summed E-state index contributed by atoms with van der Waals surface area (Å²) in [6, 6.07) is 34.7. The van der Waals surface area contributed by atoms with Gasteiger partial charge in [-0.2, -0.15) is 0 Å². The average molecular weight is 504 g/mol. The summed E-state index contributed by atoms with van der Waals surface area (Å²) < 4.78 is 0. The lowest BCUT2D eigenvalue weighted by Gasteiger charge is -2.43. The summed E-state index contributed by atoms with van der Waals surface area (Å²) in [6.07, 6.45) is 1.51. The lowest BCUT2D eigenvalue weighted by Crippen LogP contribution is -2.62. The molecule has 4 aromatic rings. The van der Waals surface area contributed by atoms with Crippen molar-refractivity contribution >= 4 is 29.0 Å². The molecule has 0 aromatic heterocycles. The molecule has 6 nitrogen and oxygen atoms in total. The van der Waals surface area contributed by atoms with Gasteiger partial charge in [-0.3, -0.25) is 19.5 Å². The number of hydrogen-bond donors (Lipinski definition) is 1. The van der Waals surface area contributed by atoms with Gasteiger partial charge in [0.05, 0.1) is 5.69 Å². The second-order valence-electron chi connectivity index (χ2n) is 9.70. The van der Waals surface area contributed by atoms with Gasteiger partial charge in [-0.15, -0.1) is 0 Å². The van der Waals surface area contributed by atoms with Crippen LogP contribution in [-0.4, -0.2) is 28.5 Å². The van der Waals surface area contributed by atoms with Crippen LogP contribution in [0.2, 0.25) is 0 Å². The molecule has 2 aliphatic heterocycles. The smallest absolute Gasteiger partial charge is 0.328 e. The highest BCUT2D eigenvalue weighted by molar-refractivity contribution is 6.20. The number of rotatable bonds is 6. The molecular weight excluding hydrogens is 474 g/mol. The molecule has 0 aliphatic carbocycles. The Kier molecular flexibility index (Phi) is 5.77. The number of carbonyl (C=O) groups excluding carboxylic acids is 2. The van der Waals surface area contributed by atoms with E-state index in [9.17, 15) is 9.90 Å². The quantitative estimate of drug-likeness (QED) is 0.343. The van der Waals surface area contributed by atoms with Crippen LogP contribution in [0.25, 0.3) is 0 Å². The van der Waals surface area contributed by atoms with Crippen molar-refractivity contribution in [2.75, 3.05) is 16.3 Å². The summed E-state index contributed by atoms with van der Waals surface area (Å²) in [7, 11) is 0. The van der Waals surface area contributed by atoms with Crippen molar-refractivity contribution in [2.24, 2.45) is 0 Å². The Labute approximate surface area is 222 Å². The van der Waals surface area contributed by atoms with Gasteiger partial charge in [0.15, 0.2) is 0 Å². The third-order valence-corrected chi connectivity index (χ3v) is 7.64. The van der Waals surface area contributed by atoms with Crippen molar-refractivity contribution in [3.05, 3.63) is 126 Å². The zero-order valence-electron chi connectivity index (χ0n) is 21.2. The van der Waals surface area contributed by atoms with E-state index < -0.39 is 17.3 Å². The molecule has 2 aliphatic rings. The summed E-state index contributed by atoms with van der Waals surface area (Å²) in [4.78, 5) is 34.2. The first-order valence-corrected chi connectivity index (χ1v) is 13.0. The van der Waals surface area contributed by atoms with E-state index in [1.165, 1.54) is 9.80 Å². The van der Waals surface area contributed by atoms with Crippen LogP contribution in [0, 0.1) is 0 Å². The maximum atomic E-state index is 15.1. The zero-order valence-corrected chi connectivity index (χ0v) is 21.2. The molecule has 1 spiro atoms. The topological polar surface area (TPSA) is 64.1 Å². The fraction of sp³-hybridized carbons (Fsp3) is 0.188. The fourth-order valence-corrected chi connectivity index (χ4v) is 5.99. The number of urea groups is 1. The van der Waals surface area contributed by atoms with Gasteiger partial charge in [-0.1, -0.05) is 98.3 Å². The third-order valence-electron chi connectivity index (χ3n) is 7.64. The van der Waals surface area contributed by atoms with Crippen LogP contribution < -0.4 is 9.80 Å². The predicted octanol–water partition coefficient (Wildman–Crippen LogP) is 6.15. The van der Waals surface area contributed by atoms with Gasteiger partial charge >= 0.3 is 6.03 Å². The molecule has 2 atom stereocenters. The van der Waals surface area contributed by atoms with Crippen molar-refractivity contribution in [3.8, 4) is 0 Å². The summed E-state index contributed by atoms with van der Waals surface area (Å²) in [5.41, 5.74) is -0.824. The summed E-state index contributed by atoms with van der Waals surface area (Å²) >= 11 is 0. The Morgan fingerprint density at radius 3 is 1.89 bits per heavy atom. The summed E-state index contributed by atoms with van der Waals surface area (Å²) in [5.74, 6) is -0.382. The van der Waals surface area contributed by atoms with Gasteiger partial charge in [-0.25, -0.2) is 4.79 Å². The van der Waals surface area contributed by atoms with Crippen LogP contribution in [0.4, 0.5) is 21.9 Å². The molecule has 2 heterocycles. The number of nitrogens with zero attached hydrogens (tertiary/aromatic N) is 3. The number of benzene rings is 4. The van der Waals surface area contributed by atoms with Crippen LogP contribution in [-0.2, 0) is 16.1 Å². The molecule has 0 unspecified atom stereocenters. The highest BCUT2D eigenvalue weighted by Crippen LogP contribution is 2.61. The maximum absolute atomic E-state index is 15.1. The van der Waals surface area contributed by atoms with Crippen LogP contribution in [0.15, 0.2) is 115 Å². The van der Waals surface area contributed by atoms with E-state index in [-0.39, 0.29) is 5.91 Å². The standard InChI is InChI=1S/C32H29N3O3/c1-2-3-23-33-30(37)35(26-19-11-6-12-20-26)31(32(33,38)24-15-7-4-8-16-24)27-21-13-14-22-28(27)34(29(31)36)25-17-9-5-10-18-25/h4-22,38H,2-3,23H2,1H3/t31-,32-/m0/s1. The van der Waals surface area contributed by atoms with E-state index in [1.807, 2.05) is 110 Å². The minimum Gasteiger partial charge on any atom is -0.364 e. The van der Waals surface area contributed by atoms with Gasteiger partial charge in [0.25, 0.3) is 5.91 Å². The highest BCUT2D eigenvalue weighted by Gasteiger charge is 2.76. The number of fused-ring (bicyclic) bond motifs is 2. The summed E-state index contributed by atoms with van der Waals surface area (Å²) in [5, 5.41) is 13.1. The van der Waals surface area contributed by atoms with Crippen LogP contribution >= 0.6 is 0 Å². The van der Waals surface area contributed by atoms with Gasteiger partial charge < -0.3 is 5.11 Å². The molecule has 0 radical (unpaired) electrons. The second kappa shape index (κ2) is 9.15. The van der Waals surface area contributed by atoms with Crippen molar-refractivity contribution in [3.63, 3.8) is 0 Å². The molecule has 0 saturated carbocycles. The first-order chi connectivity index (χ1) is 18.6. The van der Waals surface area contributed by atoms with E-state index in [2.05, 4.69) is 0 Å². The highest BCUT2D eigenvalue weighted by atomic mass is 16.3. The van der Waals surface area contributed by atoms with Crippen molar-refractivity contribution in [2.45, 2.75) is 31.0 Å². The van der Waals surface area contributed by atoms with Crippen molar-refractivity contribution in [1.82, 2.24) is 4.90 Å². The van der Waals surface area contributed by atoms with E-state index in [0.29, 0.717) is 41.2 Å². The van der Waals surface area contributed by atoms with Gasteiger partial charge in [0, 0.05) is 29.0 Å². The molecular formula is C32H29N3O3. The molecule has 38 heavy (non-hydrogen) atoms. The number of amides is 3. The van der Waals surface area contributed by atoms with Crippen LogP contribution in [0.1, 0.15) is 30.9 Å². The van der Waals surface area contributed by atoms with Gasteiger partial charge in [0.1, 0.15) is 0 Å². The molecule has 3 amide bonds. The summed E-state index contributed by atoms with van der Waals surface area (Å²) in [6.45, 7) is 2.34. The first kappa shape index (κ1) is 23.9. The zero-order chi connectivity index (χ0) is 26.3. The third kappa shape index (κ3) is 3.10. The molecule has 6 heteroatoms. The van der Waals surface area contributed by atoms with E-state index in [0.717, 1.165) is 6.42 Å². The lowest BCUT2D eigenvalue weighted by atomic mass is 9.76. The number of hydrogen-bond acceptors (Lipinski definition) is 3. The Morgan fingerprint density at radius 2 is 1.26 bits per heavy atom. The molecule has 1 N–H and O–H groups in total. The normalized spacial score (nSPS) is 22.4. The molecule has 6 rings (SSSR count). The van der Waals surface area contributed by atoms with E-state index in [1.54, 1.807) is 17.0 Å². The van der Waals surface area contributed by atoms with E-state index in [4.69, 9.17) is 0 Å². The number of carbonyl (C=O) groups is 2. The molecule has 1 fully saturated rings.